The van der Waals surface area contributed by atoms with E-state index in [1.165, 1.54) is 0 Å². The van der Waals surface area contributed by atoms with E-state index in [0.717, 1.165) is 22.3 Å². The summed E-state index contributed by atoms with van der Waals surface area (Å²) < 4.78 is 17.9. The van der Waals surface area contributed by atoms with Gasteiger partial charge in [0.25, 0.3) is 0 Å². The van der Waals surface area contributed by atoms with Crippen LogP contribution in [0.4, 0.5) is 0 Å². The summed E-state index contributed by atoms with van der Waals surface area (Å²) >= 11 is 0. The first-order valence-electron chi connectivity index (χ1n) is 10.2. The summed E-state index contributed by atoms with van der Waals surface area (Å²) in [4.78, 5) is 0. The molecular formula is C24H28N4O3. The molecule has 3 rings (SSSR count). The number of nitrogens with two attached hydrogens (primary N) is 2. The molecule has 7 nitrogen and oxygen atoms in total. The third-order valence-corrected chi connectivity index (χ3v) is 4.93. The summed E-state index contributed by atoms with van der Waals surface area (Å²) in [5.41, 5.74) is 16.1. The first-order chi connectivity index (χ1) is 15.0. The Balaban J connectivity index is 2.14. The van der Waals surface area contributed by atoms with E-state index in [4.69, 9.17) is 36.2 Å². The van der Waals surface area contributed by atoms with Gasteiger partial charge in [-0.15, -0.1) is 0 Å². The molecule has 3 aromatic rings. The molecule has 2 aromatic carbocycles. The Bertz CT molecular complexity index is 970. The number of furan rings is 1. The Morgan fingerprint density at radius 2 is 1.06 bits per heavy atom. The lowest BCUT2D eigenvalue weighted by atomic mass is 10.0. The fourth-order valence-corrected chi connectivity index (χ4v) is 3.28. The lowest BCUT2D eigenvalue weighted by Gasteiger charge is -2.08. The summed E-state index contributed by atoms with van der Waals surface area (Å²) in [6.07, 6.45) is 0. The molecule has 0 fully saturated rings. The highest BCUT2D eigenvalue weighted by Gasteiger charge is 2.23. The van der Waals surface area contributed by atoms with E-state index in [0.29, 0.717) is 49.1 Å². The second-order valence-corrected chi connectivity index (χ2v) is 6.97. The van der Waals surface area contributed by atoms with Crippen molar-refractivity contribution in [3.8, 4) is 22.6 Å². The Kier molecular flexibility index (Phi) is 7.23. The number of nitrogen functional groups attached to an aromatic ring is 2. The lowest BCUT2D eigenvalue weighted by molar-refractivity contribution is 0.120. The zero-order valence-corrected chi connectivity index (χ0v) is 17.8. The molecule has 1 aromatic heterocycles. The van der Waals surface area contributed by atoms with Gasteiger partial charge in [-0.25, -0.2) is 0 Å². The van der Waals surface area contributed by atoms with Gasteiger partial charge in [0.1, 0.15) is 23.2 Å². The molecule has 0 spiro atoms. The van der Waals surface area contributed by atoms with Crippen molar-refractivity contribution in [1.82, 2.24) is 0 Å². The average molecular weight is 421 g/mol. The minimum atomic E-state index is 0.0174. The van der Waals surface area contributed by atoms with Crippen molar-refractivity contribution in [2.45, 2.75) is 27.1 Å². The van der Waals surface area contributed by atoms with Crippen molar-refractivity contribution < 1.29 is 13.9 Å². The van der Waals surface area contributed by atoms with E-state index in [-0.39, 0.29) is 11.7 Å². The zero-order valence-electron chi connectivity index (χ0n) is 17.8. The van der Waals surface area contributed by atoms with E-state index in [1.54, 1.807) is 24.3 Å². The fourth-order valence-electron chi connectivity index (χ4n) is 3.28. The van der Waals surface area contributed by atoms with Crippen LogP contribution in [0.15, 0.2) is 52.9 Å². The topological polar surface area (TPSA) is 131 Å². The first kappa shape index (κ1) is 22.3. The van der Waals surface area contributed by atoms with Crippen LogP contribution in [0, 0.1) is 10.8 Å². The summed E-state index contributed by atoms with van der Waals surface area (Å²) in [7, 11) is 0. The molecule has 7 heteroatoms. The number of hydrogen-bond acceptors (Lipinski definition) is 5. The predicted molar refractivity (Wildman–Crippen MR) is 122 cm³/mol. The maximum atomic E-state index is 7.61. The van der Waals surface area contributed by atoms with Crippen molar-refractivity contribution in [3.63, 3.8) is 0 Å². The number of ether oxygens (including phenoxy) is 2. The van der Waals surface area contributed by atoms with E-state index >= 15 is 0 Å². The van der Waals surface area contributed by atoms with Crippen LogP contribution in [0.25, 0.3) is 22.6 Å². The Hall–Kier alpha value is -3.42. The van der Waals surface area contributed by atoms with E-state index in [1.807, 2.05) is 38.1 Å². The lowest BCUT2D eigenvalue weighted by Crippen LogP contribution is -2.10. The molecule has 0 aliphatic rings. The van der Waals surface area contributed by atoms with Gasteiger partial charge in [-0.3, -0.25) is 10.8 Å². The van der Waals surface area contributed by atoms with Gasteiger partial charge in [0.2, 0.25) is 0 Å². The molecule has 0 amide bonds. The molecule has 0 saturated heterocycles. The zero-order chi connectivity index (χ0) is 22.4. The Labute approximate surface area is 182 Å². The summed E-state index contributed by atoms with van der Waals surface area (Å²) in [6.45, 7) is 5.82. The second kappa shape index (κ2) is 10.1. The number of benzene rings is 2. The monoisotopic (exact) mass is 420 g/mol. The number of rotatable bonds is 10. The summed E-state index contributed by atoms with van der Waals surface area (Å²) in [6, 6.07) is 14.7. The van der Waals surface area contributed by atoms with Crippen LogP contribution in [0.5, 0.6) is 0 Å². The molecule has 6 N–H and O–H groups in total. The Morgan fingerprint density at radius 1 is 0.710 bits per heavy atom. The smallest absolute Gasteiger partial charge is 0.140 e. The molecule has 0 saturated carbocycles. The van der Waals surface area contributed by atoms with E-state index in [9.17, 15) is 0 Å². The van der Waals surface area contributed by atoms with Gasteiger partial charge in [0.05, 0.1) is 13.2 Å². The van der Waals surface area contributed by atoms with Crippen LogP contribution in [0.2, 0.25) is 0 Å². The molecule has 0 aliphatic carbocycles. The van der Waals surface area contributed by atoms with Crippen molar-refractivity contribution in [2.24, 2.45) is 11.5 Å². The summed E-state index contributed by atoms with van der Waals surface area (Å²) in [5.74, 6) is 1.43. The standard InChI is InChI=1S/C24H28N4O3/c1-3-29-13-19-20(14-30-4-2)22(16-7-11-18(12-8-16)24(27)28)31-21(19)15-5-9-17(10-6-15)23(25)26/h5-12H,3-4,13-14H2,1-2H3,(H3,25,26)(H3,27,28). The van der Waals surface area contributed by atoms with Crippen LogP contribution >= 0.6 is 0 Å². The van der Waals surface area contributed by atoms with Gasteiger partial charge in [0, 0.05) is 46.6 Å². The molecule has 31 heavy (non-hydrogen) atoms. The van der Waals surface area contributed by atoms with Crippen molar-refractivity contribution in [3.05, 3.63) is 70.8 Å². The highest BCUT2D eigenvalue weighted by Crippen LogP contribution is 2.38. The molecule has 0 radical (unpaired) electrons. The van der Waals surface area contributed by atoms with Crippen molar-refractivity contribution >= 4 is 11.7 Å². The molecule has 0 unspecified atom stereocenters. The number of nitrogens with one attached hydrogen (secondary N) is 2. The number of amidine groups is 2. The normalized spacial score (nSPS) is 10.9. The van der Waals surface area contributed by atoms with E-state index in [2.05, 4.69) is 0 Å². The van der Waals surface area contributed by atoms with Gasteiger partial charge in [0.15, 0.2) is 0 Å². The van der Waals surface area contributed by atoms with Gasteiger partial charge in [-0.1, -0.05) is 48.5 Å². The average Bonchev–Trinajstić information content (AvgIpc) is 3.14. The van der Waals surface area contributed by atoms with Gasteiger partial charge < -0.3 is 25.4 Å². The molecular weight excluding hydrogens is 392 g/mol. The summed E-state index contributed by atoms with van der Waals surface area (Å²) in [5, 5.41) is 15.2. The largest absolute Gasteiger partial charge is 0.455 e. The minimum Gasteiger partial charge on any atom is -0.455 e. The maximum absolute atomic E-state index is 7.61. The minimum absolute atomic E-state index is 0.0174. The number of hydrogen-bond donors (Lipinski definition) is 4. The van der Waals surface area contributed by atoms with Gasteiger partial charge in [-0.05, 0) is 13.8 Å². The first-order valence-corrected chi connectivity index (χ1v) is 10.2. The SMILES string of the molecule is CCOCc1c(-c2ccc(C(=N)N)cc2)oc(-c2ccc(C(=N)N)cc2)c1COCC. The van der Waals surface area contributed by atoms with Crippen LogP contribution in [-0.4, -0.2) is 24.9 Å². The molecule has 162 valence electrons. The highest BCUT2D eigenvalue weighted by atomic mass is 16.5. The van der Waals surface area contributed by atoms with Crippen LogP contribution in [-0.2, 0) is 22.7 Å². The van der Waals surface area contributed by atoms with Crippen LogP contribution < -0.4 is 11.5 Å². The Morgan fingerprint density at radius 3 is 1.35 bits per heavy atom. The second-order valence-electron chi connectivity index (χ2n) is 6.97. The third-order valence-electron chi connectivity index (χ3n) is 4.93. The van der Waals surface area contributed by atoms with Crippen molar-refractivity contribution in [2.75, 3.05) is 13.2 Å². The van der Waals surface area contributed by atoms with E-state index < -0.39 is 0 Å². The quantitative estimate of drug-likeness (QED) is 0.287. The van der Waals surface area contributed by atoms with Crippen LogP contribution in [0.1, 0.15) is 36.1 Å². The molecule has 1 heterocycles. The van der Waals surface area contributed by atoms with Crippen molar-refractivity contribution in [1.29, 1.82) is 10.8 Å². The molecule has 0 bridgehead atoms. The highest BCUT2D eigenvalue weighted by molar-refractivity contribution is 5.96. The van der Waals surface area contributed by atoms with Gasteiger partial charge in [-0.2, -0.15) is 0 Å². The maximum Gasteiger partial charge on any atom is 0.140 e. The molecule has 0 aliphatic heterocycles. The molecule has 0 atom stereocenters. The predicted octanol–water partition coefficient (Wildman–Crippen LogP) is 4.25. The fraction of sp³-hybridized carbons (Fsp3) is 0.250. The third kappa shape index (κ3) is 5.02. The van der Waals surface area contributed by atoms with Gasteiger partial charge >= 0.3 is 0 Å². The van der Waals surface area contributed by atoms with Crippen LogP contribution in [0.3, 0.4) is 0 Å².